The molecule has 1 N–H and O–H groups in total. The molecule has 2 heterocycles. The SMILES string of the molecule is COc1ccccc1C1=C(Nc2ccc(N3CCCCC3)cc2)C(=O)N(C(C)C)C1=O. The molecule has 0 spiro atoms. The minimum atomic E-state index is -0.319. The first-order valence-corrected chi connectivity index (χ1v) is 10.9. The topological polar surface area (TPSA) is 61.9 Å². The maximum absolute atomic E-state index is 13.2. The molecule has 0 saturated carbocycles. The van der Waals surface area contributed by atoms with Crippen LogP contribution in [0.2, 0.25) is 0 Å². The van der Waals surface area contributed by atoms with Crippen LogP contribution in [0.4, 0.5) is 11.4 Å². The fourth-order valence-electron chi connectivity index (χ4n) is 4.29. The Morgan fingerprint density at radius 1 is 0.903 bits per heavy atom. The summed E-state index contributed by atoms with van der Waals surface area (Å²) in [6.07, 6.45) is 3.73. The molecule has 0 bridgehead atoms. The maximum Gasteiger partial charge on any atom is 0.278 e. The summed E-state index contributed by atoms with van der Waals surface area (Å²) >= 11 is 0. The van der Waals surface area contributed by atoms with E-state index in [2.05, 4.69) is 22.3 Å². The molecule has 6 heteroatoms. The second-order valence-corrected chi connectivity index (χ2v) is 8.24. The molecule has 2 aliphatic heterocycles. The third-order valence-electron chi connectivity index (χ3n) is 5.87. The highest BCUT2D eigenvalue weighted by Gasteiger charge is 2.41. The fraction of sp³-hybridized carbons (Fsp3) is 0.360. The Kier molecular flexibility index (Phi) is 5.98. The number of anilines is 2. The van der Waals surface area contributed by atoms with Crippen molar-refractivity contribution in [3.63, 3.8) is 0 Å². The molecule has 0 radical (unpaired) electrons. The summed E-state index contributed by atoms with van der Waals surface area (Å²) in [5.74, 6) is -0.0676. The largest absolute Gasteiger partial charge is 0.496 e. The van der Waals surface area contributed by atoms with E-state index in [1.165, 1.54) is 29.8 Å². The third kappa shape index (κ3) is 4.02. The number of benzene rings is 2. The number of hydrogen-bond acceptors (Lipinski definition) is 5. The number of carbonyl (C=O) groups is 2. The Balaban J connectivity index is 1.69. The van der Waals surface area contributed by atoms with E-state index in [4.69, 9.17) is 4.74 Å². The number of piperidine rings is 1. The monoisotopic (exact) mass is 419 g/mol. The van der Waals surface area contributed by atoms with Crippen LogP contribution in [0, 0.1) is 0 Å². The van der Waals surface area contributed by atoms with Gasteiger partial charge in [0.1, 0.15) is 11.4 Å². The first-order valence-electron chi connectivity index (χ1n) is 10.9. The lowest BCUT2D eigenvalue weighted by Gasteiger charge is -2.28. The van der Waals surface area contributed by atoms with E-state index in [1.807, 2.05) is 44.2 Å². The van der Waals surface area contributed by atoms with Gasteiger partial charge in [-0.25, -0.2) is 0 Å². The quantitative estimate of drug-likeness (QED) is 0.708. The number of hydrogen-bond donors (Lipinski definition) is 1. The van der Waals surface area contributed by atoms with Crippen LogP contribution < -0.4 is 15.0 Å². The number of para-hydroxylation sites is 1. The van der Waals surface area contributed by atoms with Crippen molar-refractivity contribution >= 4 is 28.8 Å². The van der Waals surface area contributed by atoms with E-state index >= 15 is 0 Å². The van der Waals surface area contributed by atoms with Crippen LogP contribution in [0.3, 0.4) is 0 Å². The van der Waals surface area contributed by atoms with Gasteiger partial charge in [-0.15, -0.1) is 0 Å². The van der Waals surface area contributed by atoms with Gasteiger partial charge in [0.2, 0.25) is 0 Å². The second-order valence-electron chi connectivity index (χ2n) is 8.24. The molecular weight excluding hydrogens is 390 g/mol. The molecule has 1 fully saturated rings. The van der Waals surface area contributed by atoms with Gasteiger partial charge in [0.15, 0.2) is 0 Å². The average Bonchev–Trinajstić information content (AvgIpc) is 3.04. The van der Waals surface area contributed by atoms with Gasteiger partial charge < -0.3 is 15.0 Å². The van der Waals surface area contributed by atoms with Crippen molar-refractivity contribution in [3.05, 3.63) is 59.8 Å². The first-order chi connectivity index (χ1) is 15.0. The summed E-state index contributed by atoms with van der Waals surface area (Å²) in [5.41, 5.74) is 3.20. The number of nitrogens with one attached hydrogen (secondary N) is 1. The predicted molar refractivity (Wildman–Crippen MR) is 123 cm³/mol. The van der Waals surface area contributed by atoms with Crippen molar-refractivity contribution in [2.24, 2.45) is 0 Å². The number of imide groups is 1. The molecule has 31 heavy (non-hydrogen) atoms. The van der Waals surface area contributed by atoms with Gasteiger partial charge in [0.05, 0.1) is 12.7 Å². The Hall–Kier alpha value is -3.28. The Bertz CT molecular complexity index is 1000. The summed E-state index contributed by atoms with van der Waals surface area (Å²) in [6, 6.07) is 15.1. The molecule has 0 aromatic heterocycles. The van der Waals surface area contributed by atoms with E-state index in [0.717, 1.165) is 18.8 Å². The van der Waals surface area contributed by atoms with E-state index in [1.54, 1.807) is 13.2 Å². The zero-order valence-corrected chi connectivity index (χ0v) is 18.4. The molecule has 2 aromatic rings. The van der Waals surface area contributed by atoms with Crippen LogP contribution in [-0.4, -0.2) is 43.0 Å². The molecule has 0 aliphatic carbocycles. The van der Waals surface area contributed by atoms with E-state index in [9.17, 15) is 9.59 Å². The second kappa shape index (κ2) is 8.84. The van der Waals surface area contributed by atoms with Crippen molar-refractivity contribution in [2.75, 3.05) is 30.4 Å². The molecule has 2 amide bonds. The zero-order valence-electron chi connectivity index (χ0n) is 18.4. The Labute approximate surface area is 183 Å². The van der Waals surface area contributed by atoms with Crippen molar-refractivity contribution < 1.29 is 14.3 Å². The van der Waals surface area contributed by atoms with Gasteiger partial charge in [0, 0.05) is 36.1 Å². The highest BCUT2D eigenvalue weighted by Crippen LogP contribution is 2.36. The van der Waals surface area contributed by atoms with Crippen LogP contribution in [0.1, 0.15) is 38.7 Å². The molecule has 162 valence electrons. The van der Waals surface area contributed by atoms with Gasteiger partial charge in [0.25, 0.3) is 11.8 Å². The fourth-order valence-corrected chi connectivity index (χ4v) is 4.29. The van der Waals surface area contributed by atoms with Crippen LogP contribution in [0.15, 0.2) is 54.2 Å². The first kappa shape index (κ1) is 21.0. The summed E-state index contributed by atoms with van der Waals surface area (Å²) in [5, 5.41) is 3.23. The number of methoxy groups -OCH3 is 1. The highest BCUT2D eigenvalue weighted by molar-refractivity contribution is 6.37. The molecule has 1 saturated heterocycles. The number of nitrogens with zero attached hydrogens (tertiary/aromatic N) is 2. The number of amides is 2. The molecule has 2 aromatic carbocycles. The van der Waals surface area contributed by atoms with E-state index in [-0.39, 0.29) is 23.6 Å². The van der Waals surface area contributed by atoms with Crippen LogP contribution in [-0.2, 0) is 9.59 Å². The lowest BCUT2D eigenvalue weighted by molar-refractivity contribution is -0.138. The van der Waals surface area contributed by atoms with Gasteiger partial charge in [-0.1, -0.05) is 18.2 Å². The normalized spacial score (nSPS) is 17.0. The average molecular weight is 420 g/mol. The van der Waals surface area contributed by atoms with Crippen LogP contribution in [0.25, 0.3) is 5.57 Å². The highest BCUT2D eigenvalue weighted by atomic mass is 16.5. The molecule has 0 unspecified atom stereocenters. The summed E-state index contributed by atoms with van der Waals surface area (Å²) in [6.45, 7) is 5.83. The predicted octanol–water partition coefficient (Wildman–Crippen LogP) is 4.29. The molecule has 6 nitrogen and oxygen atoms in total. The van der Waals surface area contributed by atoms with Gasteiger partial charge in [-0.05, 0) is 63.4 Å². The van der Waals surface area contributed by atoms with Gasteiger partial charge in [-0.3, -0.25) is 14.5 Å². The lowest BCUT2D eigenvalue weighted by atomic mass is 10.0. The minimum absolute atomic E-state index is 0.245. The Morgan fingerprint density at radius 3 is 2.23 bits per heavy atom. The standard InChI is InChI=1S/C25H29N3O3/c1-17(2)28-24(29)22(20-9-5-6-10-21(20)31-3)23(25(28)30)26-18-11-13-19(14-12-18)27-15-7-4-8-16-27/h5-6,9-14,17,26H,4,7-8,15-16H2,1-3H3. The smallest absolute Gasteiger partial charge is 0.278 e. The van der Waals surface area contributed by atoms with Crippen LogP contribution >= 0.6 is 0 Å². The van der Waals surface area contributed by atoms with E-state index in [0.29, 0.717) is 16.9 Å². The zero-order chi connectivity index (χ0) is 22.0. The van der Waals surface area contributed by atoms with Crippen molar-refractivity contribution in [1.29, 1.82) is 0 Å². The lowest BCUT2D eigenvalue weighted by Crippen LogP contribution is -2.38. The van der Waals surface area contributed by atoms with Crippen LogP contribution in [0.5, 0.6) is 5.75 Å². The van der Waals surface area contributed by atoms with E-state index < -0.39 is 0 Å². The minimum Gasteiger partial charge on any atom is -0.496 e. The summed E-state index contributed by atoms with van der Waals surface area (Å²) < 4.78 is 5.47. The summed E-state index contributed by atoms with van der Waals surface area (Å²) in [4.78, 5) is 30.1. The maximum atomic E-state index is 13.2. The van der Waals surface area contributed by atoms with Crippen molar-refractivity contribution in [3.8, 4) is 5.75 Å². The van der Waals surface area contributed by atoms with Crippen molar-refractivity contribution in [2.45, 2.75) is 39.2 Å². The third-order valence-corrected chi connectivity index (χ3v) is 5.87. The van der Waals surface area contributed by atoms with Crippen molar-refractivity contribution in [1.82, 2.24) is 4.90 Å². The molecule has 2 aliphatic rings. The number of carbonyl (C=O) groups excluding carboxylic acids is 2. The van der Waals surface area contributed by atoms with Gasteiger partial charge >= 0.3 is 0 Å². The summed E-state index contributed by atoms with van der Waals surface area (Å²) in [7, 11) is 1.56. The number of ether oxygens (including phenoxy) is 1. The number of rotatable bonds is 6. The Morgan fingerprint density at radius 2 is 1.58 bits per heavy atom. The molecule has 0 atom stereocenters. The molecule has 4 rings (SSSR count). The molecular formula is C25H29N3O3. The van der Waals surface area contributed by atoms with Gasteiger partial charge in [-0.2, -0.15) is 0 Å².